The van der Waals surface area contributed by atoms with Crippen LogP contribution in [0.15, 0.2) is 39.7 Å². The molecule has 7 heteroatoms. The third-order valence-electron chi connectivity index (χ3n) is 2.41. The van der Waals surface area contributed by atoms with Crippen molar-refractivity contribution in [3.05, 3.63) is 62.1 Å². The number of carboxylic acid groups (broad SMARTS) is 1. The summed E-state index contributed by atoms with van der Waals surface area (Å²) in [4.78, 5) is 22.2. The molecule has 0 saturated heterocycles. The van der Waals surface area contributed by atoms with E-state index in [-0.39, 0.29) is 12.4 Å². The second-order valence-electron chi connectivity index (χ2n) is 3.80. The van der Waals surface area contributed by atoms with Crippen molar-refractivity contribution in [3.63, 3.8) is 0 Å². The van der Waals surface area contributed by atoms with Gasteiger partial charge in [-0.1, -0.05) is 29.3 Å². The number of halogens is 2. The summed E-state index contributed by atoms with van der Waals surface area (Å²) in [6, 6.07) is 5.71. The van der Waals surface area contributed by atoms with Crippen molar-refractivity contribution in [2.24, 2.45) is 0 Å². The first-order chi connectivity index (χ1) is 9.47. The van der Waals surface area contributed by atoms with Crippen molar-refractivity contribution >= 4 is 29.2 Å². The van der Waals surface area contributed by atoms with Gasteiger partial charge in [0.05, 0.1) is 0 Å². The van der Waals surface area contributed by atoms with Gasteiger partial charge in [-0.05, 0) is 12.1 Å². The summed E-state index contributed by atoms with van der Waals surface area (Å²) in [6.07, 6.45) is 0.954. The Hall–Kier alpha value is -1.98. The van der Waals surface area contributed by atoms with Crippen LogP contribution in [0.4, 0.5) is 0 Å². The number of carbonyl (C=O) groups is 1. The van der Waals surface area contributed by atoms with E-state index >= 15 is 0 Å². The SMILES string of the molecule is O=C(O)c1cc(=O)c(OCc2ccc(Cl)cc2Cl)co1. The van der Waals surface area contributed by atoms with Crippen LogP contribution in [0.3, 0.4) is 0 Å². The van der Waals surface area contributed by atoms with Gasteiger partial charge < -0.3 is 14.3 Å². The quantitative estimate of drug-likeness (QED) is 0.937. The van der Waals surface area contributed by atoms with Crippen LogP contribution in [0.5, 0.6) is 5.75 Å². The summed E-state index contributed by atoms with van der Waals surface area (Å²) >= 11 is 11.7. The van der Waals surface area contributed by atoms with Gasteiger partial charge in [0.2, 0.25) is 16.9 Å². The molecule has 0 spiro atoms. The predicted molar refractivity (Wildman–Crippen MR) is 72.7 cm³/mol. The monoisotopic (exact) mass is 314 g/mol. The fourth-order valence-electron chi connectivity index (χ4n) is 1.41. The molecule has 104 valence electrons. The summed E-state index contributed by atoms with van der Waals surface area (Å²) in [5.41, 5.74) is 0.0523. The molecule has 0 saturated carbocycles. The van der Waals surface area contributed by atoms with E-state index in [1.54, 1.807) is 18.2 Å². The smallest absolute Gasteiger partial charge is 0.371 e. The Balaban J connectivity index is 2.15. The van der Waals surface area contributed by atoms with Gasteiger partial charge in [0.25, 0.3) is 0 Å². The number of aromatic carboxylic acids is 1. The van der Waals surface area contributed by atoms with Gasteiger partial charge in [0.1, 0.15) is 12.9 Å². The maximum Gasteiger partial charge on any atom is 0.371 e. The van der Waals surface area contributed by atoms with E-state index in [4.69, 9.17) is 37.5 Å². The summed E-state index contributed by atoms with van der Waals surface area (Å²) in [7, 11) is 0. The van der Waals surface area contributed by atoms with Crippen LogP contribution in [0.25, 0.3) is 0 Å². The zero-order chi connectivity index (χ0) is 14.7. The Morgan fingerprint density at radius 2 is 2.05 bits per heavy atom. The summed E-state index contributed by atoms with van der Waals surface area (Å²) in [5, 5.41) is 9.56. The fraction of sp³-hybridized carbons (Fsp3) is 0.0769. The lowest BCUT2D eigenvalue weighted by molar-refractivity contribution is 0.0658. The predicted octanol–water partition coefficient (Wildman–Crippen LogP) is 3.22. The van der Waals surface area contributed by atoms with E-state index in [0.29, 0.717) is 15.6 Å². The first-order valence-corrected chi connectivity index (χ1v) is 6.16. The Morgan fingerprint density at radius 1 is 1.30 bits per heavy atom. The molecule has 20 heavy (non-hydrogen) atoms. The number of benzene rings is 1. The molecule has 2 rings (SSSR count). The summed E-state index contributed by atoms with van der Waals surface area (Å²) < 4.78 is 10.0. The van der Waals surface area contributed by atoms with Crippen LogP contribution in [0.2, 0.25) is 10.0 Å². The average molecular weight is 315 g/mol. The molecule has 0 amide bonds. The van der Waals surface area contributed by atoms with Crippen LogP contribution >= 0.6 is 23.2 Å². The van der Waals surface area contributed by atoms with Gasteiger partial charge in [-0.2, -0.15) is 0 Å². The van der Waals surface area contributed by atoms with Gasteiger partial charge in [0, 0.05) is 21.7 Å². The highest BCUT2D eigenvalue weighted by Crippen LogP contribution is 2.22. The van der Waals surface area contributed by atoms with Gasteiger partial charge in [-0.15, -0.1) is 0 Å². The minimum absolute atomic E-state index is 0.0349. The van der Waals surface area contributed by atoms with Crippen LogP contribution in [-0.2, 0) is 6.61 Å². The summed E-state index contributed by atoms with van der Waals surface area (Å²) in [6.45, 7) is 0.0349. The number of carboxylic acids is 1. The molecule has 0 aliphatic carbocycles. The zero-order valence-electron chi connectivity index (χ0n) is 9.93. The van der Waals surface area contributed by atoms with Crippen LogP contribution in [-0.4, -0.2) is 11.1 Å². The molecular weight excluding hydrogens is 307 g/mol. The standard InChI is InChI=1S/C13H8Cl2O5/c14-8-2-1-7(9(15)3-8)5-19-12-6-20-11(13(17)18)4-10(12)16/h1-4,6H,5H2,(H,17,18). The minimum Gasteiger partial charge on any atom is -0.482 e. The minimum atomic E-state index is -1.32. The molecule has 0 atom stereocenters. The number of rotatable bonds is 4. The summed E-state index contributed by atoms with van der Waals surface area (Å²) in [5.74, 6) is -1.87. The maximum atomic E-state index is 11.6. The lowest BCUT2D eigenvalue weighted by Crippen LogP contribution is -2.10. The Bertz CT molecular complexity index is 708. The van der Waals surface area contributed by atoms with Gasteiger partial charge in [-0.25, -0.2) is 4.79 Å². The van der Waals surface area contributed by atoms with Crippen molar-refractivity contribution in [1.29, 1.82) is 0 Å². The largest absolute Gasteiger partial charge is 0.482 e. The maximum absolute atomic E-state index is 11.6. The van der Waals surface area contributed by atoms with Crippen LogP contribution < -0.4 is 10.2 Å². The lowest BCUT2D eigenvalue weighted by Gasteiger charge is -2.07. The van der Waals surface area contributed by atoms with E-state index in [9.17, 15) is 9.59 Å². The van der Waals surface area contributed by atoms with Crippen molar-refractivity contribution < 1.29 is 19.1 Å². The molecule has 1 aromatic carbocycles. The molecule has 0 aliphatic rings. The zero-order valence-corrected chi connectivity index (χ0v) is 11.4. The number of hydrogen-bond donors (Lipinski definition) is 1. The molecule has 0 aliphatic heterocycles. The lowest BCUT2D eigenvalue weighted by atomic mass is 10.2. The van der Waals surface area contributed by atoms with Crippen molar-refractivity contribution in [1.82, 2.24) is 0 Å². The molecule has 0 radical (unpaired) electrons. The normalized spacial score (nSPS) is 10.3. The second-order valence-corrected chi connectivity index (χ2v) is 4.65. The fourth-order valence-corrected chi connectivity index (χ4v) is 1.87. The third kappa shape index (κ3) is 3.31. The average Bonchev–Trinajstić information content (AvgIpc) is 2.38. The van der Waals surface area contributed by atoms with Gasteiger partial charge in [0.15, 0.2) is 0 Å². The Labute approximate surface area is 123 Å². The first kappa shape index (κ1) is 14.4. The topological polar surface area (TPSA) is 76.7 Å². The van der Waals surface area contributed by atoms with Gasteiger partial charge in [-0.3, -0.25) is 4.79 Å². The third-order valence-corrected chi connectivity index (χ3v) is 2.99. The van der Waals surface area contributed by atoms with Crippen molar-refractivity contribution in [2.75, 3.05) is 0 Å². The van der Waals surface area contributed by atoms with E-state index < -0.39 is 17.2 Å². The second kappa shape index (κ2) is 5.98. The van der Waals surface area contributed by atoms with Crippen LogP contribution in [0, 0.1) is 0 Å². The van der Waals surface area contributed by atoms with E-state index in [1.165, 1.54) is 0 Å². The molecule has 1 N–H and O–H groups in total. The van der Waals surface area contributed by atoms with Crippen molar-refractivity contribution in [2.45, 2.75) is 6.61 Å². The van der Waals surface area contributed by atoms with E-state index in [2.05, 4.69) is 0 Å². The van der Waals surface area contributed by atoms with E-state index in [1.807, 2.05) is 0 Å². The molecule has 1 heterocycles. The highest BCUT2D eigenvalue weighted by molar-refractivity contribution is 6.35. The van der Waals surface area contributed by atoms with E-state index in [0.717, 1.165) is 12.3 Å². The molecule has 2 aromatic rings. The highest BCUT2D eigenvalue weighted by Gasteiger charge is 2.11. The molecular formula is C13H8Cl2O5. The number of hydrogen-bond acceptors (Lipinski definition) is 4. The first-order valence-electron chi connectivity index (χ1n) is 5.40. The molecule has 0 unspecified atom stereocenters. The number of ether oxygens (including phenoxy) is 1. The van der Waals surface area contributed by atoms with Crippen molar-refractivity contribution in [3.8, 4) is 5.75 Å². The van der Waals surface area contributed by atoms with Crippen LogP contribution in [0.1, 0.15) is 16.1 Å². The van der Waals surface area contributed by atoms with Gasteiger partial charge >= 0.3 is 5.97 Å². The molecule has 0 fully saturated rings. The molecule has 0 bridgehead atoms. The Kier molecular flexibility index (Phi) is 4.32. The molecule has 1 aromatic heterocycles. The molecule has 5 nitrogen and oxygen atoms in total. The highest BCUT2D eigenvalue weighted by atomic mass is 35.5. The Morgan fingerprint density at radius 3 is 2.65 bits per heavy atom.